The maximum Gasteiger partial charge on any atom is 0.0979 e. The summed E-state index contributed by atoms with van der Waals surface area (Å²) in [6.45, 7) is 0. The predicted octanol–water partition coefficient (Wildman–Crippen LogP) is 12.2. The van der Waals surface area contributed by atoms with E-state index in [0.29, 0.717) is 0 Å². The van der Waals surface area contributed by atoms with E-state index in [4.69, 9.17) is 9.97 Å². The molecule has 0 N–H and O–H groups in total. The van der Waals surface area contributed by atoms with Crippen LogP contribution in [0.15, 0.2) is 170 Å². The van der Waals surface area contributed by atoms with Crippen LogP contribution in [0.25, 0.3) is 88.3 Å². The smallest absolute Gasteiger partial charge is 0.0979 e. The zero-order chi connectivity index (χ0) is 32.3. The molecule has 2 nitrogen and oxygen atoms in total. The Kier molecular flexibility index (Phi) is 6.28. The van der Waals surface area contributed by atoms with Crippen LogP contribution in [0.1, 0.15) is 11.1 Å². The SMILES string of the molecule is c1cc(-c2ccc(-c3cccc(-c4cccc5c4Cc4ccccc4-5)c3)cc2)cc(-c2cnc3c4ccccc4c4ccccc4c3n2)c1. The summed E-state index contributed by atoms with van der Waals surface area (Å²) >= 11 is 0. The molecule has 1 aromatic heterocycles. The highest BCUT2D eigenvalue weighted by Crippen LogP contribution is 2.42. The molecule has 0 amide bonds. The van der Waals surface area contributed by atoms with E-state index in [1.165, 1.54) is 60.8 Å². The van der Waals surface area contributed by atoms with Gasteiger partial charge in [-0.1, -0.05) is 152 Å². The van der Waals surface area contributed by atoms with Crippen LogP contribution in [0.5, 0.6) is 0 Å². The molecule has 0 atom stereocenters. The zero-order valence-corrected chi connectivity index (χ0v) is 26.8. The van der Waals surface area contributed by atoms with Crippen LogP contribution in [-0.4, -0.2) is 9.97 Å². The summed E-state index contributed by atoms with van der Waals surface area (Å²) in [5, 5.41) is 4.67. The molecule has 0 fully saturated rings. The van der Waals surface area contributed by atoms with Gasteiger partial charge in [0.1, 0.15) is 0 Å². The molecule has 1 heterocycles. The van der Waals surface area contributed by atoms with Gasteiger partial charge in [-0.05, 0) is 85.0 Å². The van der Waals surface area contributed by atoms with Crippen molar-refractivity contribution in [1.29, 1.82) is 0 Å². The molecule has 8 aromatic carbocycles. The number of benzene rings is 8. The standard InChI is InChI=1S/C47H30N2/c1-2-15-37-35(10-1)28-44-38(20-9-21-39(37)44)34-13-7-11-32(26-34)30-22-24-31(25-23-30)33-12-8-14-36(27-33)45-29-48-46-42-18-5-3-16-40(42)41-17-4-6-19-43(41)47(46)49-45/h1-27,29H,28H2. The summed E-state index contributed by atoms with van der Waals surface area (Å²) < 4.78 is 0. The minimum Gasteiger partial charge on any atom is -0.252 e. The molecule has 0 unspecified atom stereocenters. The Hall–Kier alpha value is -6.38. The van der Waals surface area contributed by atoms with Crippen molar-refractivity contribution < 1.29 is 0 Å². The van der Waals surface area contributed by atoms with Crippen LogP contribution in [0.2, 0.25) is 0 Å². The van der Waals surface area contributed by atoms with Gasteiger partial charge in [0, 0.05) is 16.3 Å². The van der Waals surface area contributed by atoms with Crippen molar-refractivity contribution in [3.05, 3.63) is 181 Å². The minimum atomic E-state index is 0.874. The number of hydrogen-bond donors (Lipinski definition) is 0. The summed E-state index contributed by atoms with van der Waals surface area (Å²) in [4.78, 5) is 10.2. The van der Waals surface area contributed by atoms with Crippen molar-refractivity contribution in [3.8, 4) is 55.8 Å². The van der Waals surface area contributed by atoms with Crippen LogP contribution in [-0.2, 0) is 6.42 Å². The Labute approximate surface area is 285 Å². The fourth-order valence-electron chi connectivity index (χ4n) is 7.77. The van der Waals surface area contributed by atoms with Crippen molar-refractivity contribution in [2.45, 2.75) is 6.42 Å². The molecule has 1 aliphatic rings. The highest BCUT2D eigenvalue weighted by atomic mass is 14.8. The third-order valence-electron chi connectivity index (χ3n) is 10.2. The normalized spacial score (nSPS) is 12.0. The summed E-state index contributed by atoms with van der Waals surface area (Å²) in [6.07, 6.45) is 2.90. The lowest BCUT2D eigenvalue weighted by Crippen LogP contribution is -1.92. The van der Waals surface area contributed by atoms with Gasteiger partial charge in [-0.2, -0.15) is 0 Å². The maximum absolute atomic E-state index is 5.22. The molecule has 0 spiro atoms. The number of aromatic nitrogens is 2. The average molecular weight is 623 g/mol. The average Bonchev–Trinajstić information content (AvgIpc) is 3.57. The summed E-state index contributed by atoms with van der Waals surface area (Å²) in [7, 11) is 0. The first-order chi connectivity index (χ1) is 24.3. The van der Waals surface area contributed by atoms with E-state index in [0.717, 1.165) is 45.0 Å². The van der Waals surface area contributed by atoms with Gasteiger partial charge in [0.2, 0.25) is 0 Å². The van der Waals surface area contributed by atoms with E-state index in [1.807, 2.05) is 6.20 Å². The lowest BCUT2D eigenvalue weighted by Gasteiger charge is -2.12. The van der Waals surface area contributed by atoms with Gasteiger partial charge in [0.05, 0.1) is 22.9 Å². The molecule has 2 heteroatoms. The lowest BCUT2D eigenvalue weighted by atomic mass is 9.93. The van der Waals surface area contributed by atoms with Crippen LogP contribution in [0.4, 0.5) is 0 Å². The molecule has 9 aromatic rings. The fraction of sp³-hybridized carbons (Fsp3) is 0.0213. The van der Waals surface area contributed by atoms with Crippen LogP contribution < -0.4 is 0 Å². The van der Waals surface area contributed by atoms with Crippen molar-refractivity contribution in [3.63, 3.8) is 0 Å². The van der Waals surface area contributed by atoms with Crippen molar-refractivity contribution >= 4 is 32.6 Å². The van der Waals surface area contributed by atoms with Gasteiger partial charge in [0.25, 0.3) is 0 Å². The summed E-state index contributed by atoms with van der Waals surface area (Å²) in [5.41, 5.74) is 16.7. The second-order valence-electron chi connectivity index (χ2n) is 12.9. The molecule has 1 aliphatic carbocycles. The molecule has 0 saturated heterocycles. The monoisotopic (exact) mass is 622 g/mol. The fourth-order valence-corrected chi connectivity index (χ4v) is 7.77. The Morgan fingerprint density at radius 3 is 1.63 bits per heavy atom. The second kappa shape index (κ2) is 11.1. The Morgan fingerprint density at radius 1 is 0.367 bits per heavy atom. The molecule has 228 valence electrons. The van der Waals surface area contributed by atoms with Crippen LogP contribution in [0.3, 0.4) is 0 Å². The van der Waals surface area contributed by atoms with Gasteiger partial charge in [-0.3, -0.25) is 4.98 Å². The highest BCUT2D eigenvalue weighted by molar-refractivity contribution is 6.23. The second-order valence-corrected chi connectivity index (χ2v) is 12.9. The number of nitrogens with zero attached hydrogens (tertiary/aromatic N) is 2. The van der Waals surface area contributed by atoms with E-state index in [9.17, 15) is 0 Å². The van der Waals surface area contributed by atoms with Crippen molar-refractivity contribution in [2.75, 3.05) is 0 Å². The molecular formula is C47H30N2. The Balaban J connectivity index is 0.980. The lowest BCUT2D eigenvalue weighted by molar-refractivity contribution is 1.26. The summed E-state index contributed by atoms with van der Waals surface area (Å²) in [6, 6.07) is 59.0. The topological polar surface area (TPSA) is 25.8 Å². The van der Waals surface area contributed by atoms with Gasteiger partial charge in [-0.15, -0.1) is 0 Å². The molecule has 10 rings (SSSR count). The highest BCUT2D eigenvalue weighted by Gasteiger charge is 2.21. The van der Waals surface area contributed by atoms with E-state index in [2.05, 4.69) is 164 Å². The molecule has 0 aliphatic heterocycles. The first-order valence-electron chi connectivity index (χ1n) is 16.9. The maximum atomic E-state index is 5.22. The van der Waals surface area contributed by atoms with Gasteiger partial charge in [0.15, 0.2) is 0 Å². The Bertz CT molecular complexity index is 2700. The van der Waals surface area contributed by atoms with Crippen LogP contribution in [0, 0.1) is 0 Å². The Morgan fingerprint density at radius 2 is 0.898 bits per heavy atom. The molecule has 49 heavy (non-hydrogen) atoms. The number of fused-ring (bicyclic) bond motifs is 9. The first kappa shape index (κ1) is 27.7. The third-order valence-corrected chi connectivity index (χ3v) is 10.2. The van der Waals surface area contributed by atoms with Crippen molar-refractivity contribution in [2.24, 2.45) is 0 Å². The van der Waals surface area contributed by atoms with E-state index >= 15 is 0 Å². The van der Waals surface area contributed by atoms with Gasteiger partial charge in [-0.25, -0.2) is 4.98 Å². The minimum absolute atomic E-state index is 0.874. The van der Waals surface area contributed by atoms with Crippen molar-refractivity contribution in [1.82, 2.24) is 9.97 Å². The van der Waals surface area contributed by atoms with Crippen LogP contribution >= 0.6 is 0 Å². The predicted molar refractivity (Wildman–Crippen MR) is 205 cm³/mol. The largest absolute Gasteiger partial charge is 0.252 e. The first-order valence-corrected chi connectivity index (χ1v) is 16.9. The van der Waals surface area contributed by atoms with Gasteiger partial charge < -0.3 is 0 Å². The molecule has 0 bridgehead atoms. The summed E-state index contributed by atoms with van der Waals surface area (Å²) in [5.74, 6) is 0. The van der Waals surface area contributed by atoms with E-state index in [1.54, 1.807) is 0 Å². The quantitative estimate of drug-likeness (QED) is 0.183. The molecule has 0 saturated carbocycles. The molecule has 0 radical (unpaired) electrons. The molecular weight excluding hydrogens is 593 g/mol. The number of hydrogen-bond acceptors (Lipinski definition) is 2. The number of rotatable bonds is 4. The van der Waals surface area contributed by atoms with E-state index < -0.39 is 0 Å². The zero-order valence-electron chi connectivity index (χ0n) is 26.8. The van der Waals surface area contributed by atoms with Gasteiger partial charge >= 0.3 is 0 Å². The third kappa shape index (κ3) is 4.57. The van der Waals surface area contributed by atoms with E-state index in [-0.39, 0.29) is 0 Å².